The van der Waals surface area contributed by atoms with Gasteiger partial charge in [0.1, 0.15) is 5.75 Å². The number of carbonyl (C=O) groups excluding carboxylic acids is 1. The van der Waals surface area contributed by atoms with Crippen LogP contribution in [0.25, 0.3) is 0 Å². The van der Waals surface area contributed by atoms with Crippen LogP contribution in [0.15, 0.2) is 45.8 Å². The maximum Gasteiger partial charge on any atom is 0.255 e. The van der Waals surface area contributed by atoms with Crippen molar-refractivity contribution in [3.8, 4) is 5.75 Å². The quantitative estimate of drug-likeness (QED) is 0.922. The summed E-state index contributed by atoms with van der Waals surface area (Å²) in [4.78, 5) is 23.7. The van der Waals surface area contributed by atoms with Crippen molar-refractivity contribution >= 4 is 27.5 Å². The lowest BCUT2D eigenvalue weighted by molar-refractivity contribution is 0.102. The Morgan fingerprint density at radius 1 is 1.33 bits per heavy atom. The number of hydrogen-bond acceptors (Lipinski definition) is 3. The number of ether oxygens (including phenoxy) is 1. The molecule has 2 aromatic rings. The van der Waals surface area contributed by atoms with Crippen LogP contribution in [0.2, 0.25) is 0 Å². The van der Waals surface area contributed by atoms with E-state index in [0.29, 0.717) is 28.0 Å². The van der Waals surface area contributed by atoms with Gasteiger partial charge in [0.2, 0.25) is 0 Å². The first-order valence-corrected chi connectivity index (χ1v) is 7.20. The molecule has 1 amide bonds. The Hall–Kier alpha value is -2.08. The number of anilines is 1. The van der Waals surface area contributed by atoms with Gasteiger partial charge in [0.05, 0.1) is 17.3 Å². The molecule has 1 aromatic heterocycles. The first kappa shape index (κ1) is 15.3. The van der Waals surface area contributed by atoms with Gasteiger partial charge in [-0.3, -0.25) is 9.59 Å². The standard InChI is InChI=1S/C15H15BrN2O3/c1-3-18-9-11(5-7-14(18)19)17-15(20)10-4-6-13(21-2)12(16)8-10/h4-9H,3H2,1-2H3,(H,17,20). The highest BCUT2D eigenvalue weighted by atomic mass is 79.9. The van der Waals surface area contributed by atoms with E-state index >= 15 is 0 Å². The molecule has 0 aliphatic rings. The molecule has 0 aliphatic heterocycles. The van der Waals surface area contributed by atoms with Crippen LogP contribution in [-0.2, 0) is 6.54 Å². The van der Waals surface area contributed by atoms with Gasteiger partial charge in [0.25, 0.3) is 11.5 Å². The van der Waals surface area contributed by atoms with Gasteiger partial charge in [-0.15, -0.1) is 0 Å². The summed E-state index contributed by atoms with van der Waals surface area (Å²) in [5.41, 5.74) is 0.980. The molecule has 6 heteroatoms. The largest absolute Gasteiger partial charge is 0.496 e. The zero-order valence-electron chi connectivity index (χ0n) is 11.7. The van der Waals surface area contributed by atoms with E-state index < -0.39 is 0 Å². The van der Waals surface area contributed by atoms with Gasteiger partial charge in [-0.2, -0.15) is 0 Å². The molecule has 110 valence electrons. The van der Waals surface area contributed by atoms with E-state index in [1.807, 2.05) is 6.92 Å². The number of pyridine rings is 1. The third-order valence-corrected chi connectivity index (χ3v) is 3.62. The van der Waals surface area contributed by atoms with Gasteiger partial charge in [-0.1, -0.05) is 0 Å². The third-order valence-electron chi connectivity index (χ3n) is 3.00. The minimum absolute atomic E-state index is 0.0947. The van der Waals surface area contributed by atoms with Crippen LogP contribution >= 0.6 is 15.9 Å². The minimum Gasteiger partial charge on any atom is -0.496 e. The van der Waals surface area contributed by atoms with E-state index in [0.717, 1.165) is 0 Å². The monoisotopic (exact) mass is 350 g/mol. The van der Waals surface area contributed by atoms with Gasteiger partial charge in [-0.05, 0) is 47.1 Å². The van der Waals surface area contributed by atoms with Crippen LogP contribution in [-0.4, -0.2) is 17.6 Å². The van der Waals surface area contributed by atoms with Crippen molar-refractivity contribution in [2.45, 2.75) is 13.5 Å². The number of aromatic nitrogens is 1. The molecule has 1 heterocycles. The fourth-order valence-corrected chi connectivity index (χ4v) is 2.40. The average Bonchev–Trinajstić information content (AvgIpc) is 2.49. The smallest absolute Gasteiger partial charge is 0.255 e. The molecule has 0 unspecified atom stereocenters. The molecule has 1 N–H and O–H groups in total. The Balaban J connectivity index is 2.21. The van der Waals surface area contributed by atoms with Crippen molar-refractivity contribution in [2.75, 3.05) is 12.4 Å². The molecule has 0 saturated heterocycles. The number of hydrogen-bond donors (Lipinski definition) is 1. The highest BCUT2D eigenvalue weighted by Gasteiger charge is 2.09. The lowest BCUT2D eigenvalue weighted by atomic mass is 10.2. The van der Waals surface area contributed by atoms with E-state index in [1.54, 1.807) is 37.6 Å². The predicted molar refractivity (Wildman–Crippen MR) is 85.0 cm³/mol. The maximum atomic E-state index is 12.2. The van der Waals surface area contributed by atoms with Crippen molar-refractivity contribution in [3.05, 3.63) is 56.9 Å². The van der Waals surface area contributed by atoms with Crippen molar-refractivity contribution in [3.63, 3.8) is 0 Å². The van der Waals surface area contributed by atoms with E-state index in [-0.39, 0.29) is 11.5 Å². The summed E-state index contributed by atoms with van der Waals surface area (Å²) in [7, 11) is 1.56. The van der Waals surface area contributed by atoms with E-state index in [4.69, 9.17) is 4.74 Å². The number of benzene rings is 1. The number of rotatable bonds is 4. The third kappa shape index (κ3) is 3.52. The normalized spacial score (nSPS) is 10.2. The van der Waals surface area contributed by atoms with E-state index in [9.17, 15) is 9.59 Å². The summed E-state index contributed by atoms with van der Waals surface area (Å²) in [6.45, 7) is 2.42. The van der Waals surface area contributed by atoms with Crippen LogP contribution in [0.5, 0.6) is 5.75 Å². The van der Waals surface area contributed by atoms with Crippen LogP contribution in [0.4, 0.5) is 5.69 Å². The highest BCUT2D eigenvalue weighted by Crippen LogP contribution is 2.25. The second-order valence-corrected chi connectivity index (χ2v) is 5.20. The first-order valence-electron chi connectivity index (χ1n) is 6.40. The summed E-state index contributed by atoms with van der Waals surface area (Å²) in [6, 6.07) is 8.10. The minimum atomic E-state index is -0.250. The van der Waals surface area contributed by atoms with Crippen LogP contribution in [0.3, 0.4) is 0 Å². The SMILES string of the molecule is CCn1cc(NC(=O)c2ccc(OC)c(Br)c2)ccc1=O. The Morgan fingerprint density at radius 2 is 2.10 bits per heavy atom. The summed E-state index contributed by atoms with van der Waals surface area (Å²) in [5.74, 6) is 0.408. The molecule has 0 radical (unpaired) electrons. The lowest BCUT2D eigenvalue weighted by Crippen LogP contribution is -2.19. The number of methoxy groups -OCH3 is 1. The van der Waals surface area contributed by atoms with E-state index in [2.05, 4.69) is 21.2 Å². The Bertz CT molecular complexity index is 725. The molecule has 0 atom stereocenters. The van der Waals surface area contributed by atoms with Gasteiger partial charge in [-0.25, -0.2) is 0 Å². The zero-order chi connectivity index (χ0) is 15.4. The van der Waals surface area contributed by atoms with Crippen LogP contribution in [0.1, 0.15) is 17.3 Å². The van der Waals surface area contributed by atoms with Crippen LogP contribution < -0.4 is 15.6 Å². The molecular formula is C15H15BrN2O3. The van der Waals surface area contributed by atoms with Gasteiger partial charge >= 0.3 is 0 Å². The fraction of sp³-hybridized carbons (Fsp3) is 0.200. The lowest BCUT2D eigenvalue weighted by Gasteiger charge is -2.09. The second kappa shape index (κ2) is 6.58. The number of nitrogens with one attached hydrogen (secondary N) is 1. The molecule has 1 aromatic carbocycles. The maximum absolute atomic E-state index is 12.2. The van der Waals surface area contributed by atoms with Gasteiger partial charge < -0.3 is 14.6 Å². The summed E-state index contributed by atoms with van der Waals surface area (Å²) >= 11 is 3.34. The number of halogens is 1. The number of amides is 1. The Labute approximate surface area is 130 Å². The van der Waals surface area contributed by atoms with Crippen molar-refractivity contribution in [2.24, 2.45) is 0 Å². The molecule has 0 bridgehead atoms. The van der Waals surface area contributed by atoms with Crippen molar-refractivity contribution in [1.82, 2.24) is 4.57 Å². The molecule has 2 rings (SSSR count). The first-order chi connectivity index (χ1) is 10.0. The van der Waals surface area contributed by atoms with Crippen molar-refractivity contribution in [1.29, 1.82) is 0 Å². The van der Waals surface area contributed by atoms with Gasteiger partial charge in [0.15, 0.2) is 0 Å². The molecule has 0 saturated carbocycles. The Kier molecular flexibility index (Phi) is 4.80. The molecule has 0 spiro atoms. The topological polar surface area (TPSA) is 60.3 Å². The Morgan fingerprint density at radius 3 is 2.71 bits per heavy atom. The molecule has 5 nitrogen and oxygen atoms in total. The summed E-state index contributed by atoms with van der Waals surface area (Å²) in [5, 5.41) is 2.76. The second-order valence-electron chi connectivity index (χ2n) is 4.35. The zero-order valence-corrected chi connectivity index (χ0v) is 13.3. The molecular weight excluding hydrogens is 336 g/mol. The summed E-state index contributed by atoms with van der Waals surface area (Å²) in [6.07, 6.45) is 1.62. The number of nitrogens with zero attached hydrogens (tertiary/aromatic N) is 1. The molecule has 0 aliphatic carbocycles. The highest BCUT2D eigenvalue weighted by molar-refractivity contribution is 9.10. The average molecular weight is 351 g/mol. The number of aryl methyl sites for hydroxylation is 1. The van der Waals surface area contributed by atoms with E-state index in [1.165, 1.54) is 10.6 Å². The van der Waals surface area contributed by atoms with Crippen LogP contribution in [0, 0.1) is 0 Å². The fourth-order valence-electron chi connectivity index (χ4n) is 1.86. The molecule has 21 heavy (non-hydrogen) atoms. The predicted octanol–water partition coefficient (Wildman–Crippen LogP) is 2.89. The number of carbonyl (C=O) groups is 1. The van der Waals surface area contributed by atoms with Gasteiger partial charge in [0, 0.05) is 24.4 Å². The molecule has 0 fully saturated rings. The van der Waals surface area contributed by atoms with Crippen molar-refractivity contribution < 1.29 is 9.53 Å². The summed E-state index contributed by atoms with van der Waals surface area (Å²) < 4.78 is 7.36.